The highest BCUT2D eigenvalue weighted by Gasteiger charge is 2.09. The van der Waals surface area contributed by atoms with Gasteiger partial charge in [0.05, 0.1) is 0 Å². The summed E-state index contributed by atoms with van der Waals surface area (Å²) in [4.78, 5) is 0. The minimum absolute atomic E-state index is 0.0667. The van der Waals surface area contributed by atoms with Gasteiger partial charge < -0.3 is 5.73 Å². The molecule has 1 aromatic carbocycles. The fourth-order valence-corrected chi connectivity index (χ4v) is 1.90. The van der Waals surface area contributed by atoms with E-state index in [9.17, 15) is 4.39 Å². The third kappa shape index (κ3) is 2.93. The van der Waals surface area contributed by atoms with Gasteiger partial charge in [0.25, 0.3) is 0 Å². The number of nitrogens with two attached hydrogens (primary N) is 1. The van der Waals surface area contributed by atoms with Crippen LogP contribution in [0.3, 0.4) is 0 Å². The Morgan fingerprint density at radius 2 is 2.29 bits per heavy atom. The Morgan fingerprint density at radius 1 is 1.57 bits per heavy atom. The summed E-state index contributed by atoms with van der Waals surface area (Å²) in [5.41, 5.74) is 6.87. The lowest BCUT2D eigenvalue weighted by atomic mass is 10.0. The fourth-order valence-electron chi connectivity index (χ4n) is 1.26. The topological polar surface area (TPSA) is 26.0 Å². The van der Waals surface area contributed by atoms with Crippen molar-refractivity contribution in [3.05, 3.63) is 46.7 Å². The first-order valence-electron chi connectivity index (χ1n) is 4.46. The molecule has 0 aromatic heterocycles. The standard InChI is InChI=1S/C11H13BrFN/c1-2-3-4-11(14)9-6-5-8(13)7-10(9)12/h2,5-7,11H,1,3-4,14H2/t11-/m1/s1. The minimum Gasteiger partial charge on any atom is -0.324 e. The summed E-state index contributed by atoms with van der Waals surface area (Å²) in [6.45, 7) is 3.64. The summed E-state index contributed by atoms with van der Waals surface area (Å²) < 4.78 is 13.5. The third-order valence-corrected chi connectivity index (χ3v) is 2.73. The molecule has 0 saturated carbocycles. The van der Waals surface area contributed by atoms with Crippen molar-refractivity contribution in [3.63, 3.8) is 0 Å². The van der Waals surface area contributed by atoms with Crippen molar-refractivity contribution in [2.45, 2.75) is 18.9 Å². The van der Waals surface area contributed by atoms with E-state index in [4.69, 9.17) is 5.73 Å². The van der Waals surface area contributed by atoms with E-state index in [-0.39, 0.29) is 11.9 Å². The summed E-state index contributed by atoms with van der Waals surface area (Å²) in [6, 6.07) is 4.51. The molecule has 3 heteroatoms. The van der Waals surface area contributed by atoms with Crippen LogP contribution in [0.4, 0.5) is 4.39 Å². The highest BCUT2D eigenvalue weighted by molar-refractivity contribution is 9.10. The predicted octanol–water partition coefficient (Wildman–Crippen LogP) is 3.55. The fraction of sp³-hybridized carbons (Fsp3) is 0.273. The normalized spacial score (nSPS) is 12.5. The van der Waals surface area contributed by atoms with E-state index in [1.807, 2.05) is 6.08 Å². The van der Waals surface area contributed by atoms with Crippen LogP contribution < -0.4 is 5.73 Å². The second-order valence-corrected chi connectivity index (χ2v) is 3.99. The van der Waals surface area contributed by atoms with E-state index in [1.165, 1.54) is 12.1 Å². The van der Waals surface area contributed by atoms with Crippen LogP contribution in [0.1, 0.15) is 24.4 Å². The van der Waals surface area contributed by atoms with Crippen molar-refractivity contribution in [1.82, 2.24) is 0 Å². The van der Waals surface area contributed by atoms with Crippen molar-refractivity contribution < 1.29 is 4.39 Å². The molecule has 0 amide bonds. The van der Waals surface area contributed by atoms with Crippen molar-refractivity contribution in [1.29, 1.82) is 0 Å². The Labute approximate surface area is 91.9 Å². The Hall–Kier alpha value is -0.670. The van der Waals surface area contributed by atoms with Gasteiger partial charge in [-0.3, -0.25) is 0 Å². The molecule has 1 atom stereocenters. The summed E-state index contributed by atoms with van der Waals surface area (Å²) in [6.07, 6.45) is 3.52. The molecular formula is C11H13BrFN. The summed E-state index contributed by atoms with van der Waals surface area (Å²) in [7, 11) is 0. The van der Waals surface area contributed by atoms with E-state index in [0.29, 0.717) is 0 Å². The molecule has 1 rings (SSSR count). The Bertz CT molecular complexity index is 325. The van der Waals surface area contributed by atoms with Crippen molar-refractivity contribution >= 4 is 15.9 Å². The van der Waals surface area contributed by atoms with E-state index < -0.39 is 0 Å². The summed E-state index contributed by atoms with van der Waals surface area (Å²) in [5, 5.41) is 0. The van der Waals surface area contributed by atoms with Crippen molar-refractivity contribution in [2.75, 3.05) is 0 Å². The summed E-state index contributed by atoms with van der Waals surface area (Å²) >= 11 is 3.29. The molecule has 0 aliphatic heterocycles. The first-order valence-corrected chi connectivity index (χ1v) is 5.26. The molecule has 2 N–H and O–H groups in total. The molecule has 0 fully saturated rings. The number of halogens is 2. The van der Waals surface area contributed by atoms with Gasteiger partial charge in [0.15, 0.2) is 0 Å². The van der Waals surface area contributed by atoms with Crippen LogP contribution in [0.2, 0.25) is 0 Å². The maximum Gasteiger partial charge on any atom is 0.124 e. The highest BCUT2D eigenvalue weighted by atomic mass is 79.9. The van der Waals surface area contributed by atoms with Crippen LogP contribution in [0.25, 0.3) is 0 Å². The van der Waals surface area contributed by atoms with E-state index in [0.717, 1.165) is 22.9 Å². The molecule has 1 nitrogen and oxygen atoms in total. The average molecular weight is 258 g/mol. The highest BCUT2D eigenvalue weighted by Crippen LogP contribution is 2.25. The molecule has 0 radical (unpaired) electrons. The molecule has 0 bridgehead atoms. The van der Waals surface area contributed by atoms with Crippen LogP contribution in [0, 0.1) is 5.82 Å². The van der Waals surface area contributed by atoms with Gasteiger partial charge in [-0.15, -0.1) is 6.58 Å². The van der Waals surface area contributed by atoms with Crippen LogP contribution in [-0.2, 0) is 0 Å². The second kappa shape index (κ2) is 5.27. The minimum atomic E-state index is -0.253. The lowest BCUT2D eigenvalue weighted by Crippen LogP contribution is -2.10. The van der Waals surface area contributed by atoms with Gasteiger partial charge in [-0.25, -0.2) is 4.39 Å². The second-order valence-electron chi connectivity index (χ2n) is 3.14. The Balaban J connectivity index is 2.78. The van der Waals surface area contributed by atoms with Crippen LogP contribution in [0.15, 0.2) is 35.3 Å². The van der Waals surface area contributed by atoms with Gasteiger partial charge in [-0.2, -0.15) is 0 Å². The Morgan fingerprint density at radius 3 is 2.86 bits per heavy atom. The van der Waals surface area contributed by atoms with Crippen molar-refractivity contribution in [2.24, 2.45) is 5.73 Å². The van der Waals surface area contributed by atoms with Crippen LogP contribution >= 0.6 is 15.9 Å². The van der Waals surface area contributed by atoms with Crippen LogP contribution in [-0.4, -0.2) is 0 Å². The predicted molar refractivity (Wildman–Crippen MR) is 60.5 cm³/mol. The lowest BCUT2D eigenvalue weighted by Gasteiger charge is -2.12. The smallest absolute Gasteiger partial charge is 0.124 e. The molecule has 76 valence electrons. The molecule has 0 aliphatic rings. The molecule has 1 aromatic rings. The SMILES string of the molecule is C=CCC[C@@H](N)c1ccc(F)cc1Br. The molecule has 0 spiro atoms. The molecular weight excluding hydrogens is 245 g/mol. The van der Waals surface area contributed by atoms with Gasteiger partial charge in [-0.1, -0.05) is 28.1 Å². The van der Waals surface area contributed by atoms with E-state index in [1.54, 1.807) is 6.07 Å². The average Bonchev–Trinajstić information content (AvgIpc) is 2.14. The Kier molecular flexibility index (Phi) is 4.29. The number of rotatable bonds is 4. The van der Waals surface area contributed by atoms with Gasteiger partial charge in [0.2, 0.25) is 0 Å². The first kappa shape index (κ1) is 11.4. The van der Waals surface area contributed by atoms with Gasteiger partial charge in [0.1, 0.15) is 5.82 Å². The van der Waals surface area contributed by atoms with Crippen LogP contribution in [0.5, 0.6) is 0 Å². The van der Waals surface area contributed by atoms with Gasteiger partial charge >= 0.3 is 0 Å². The van der Waals surface area contributed by atoms with Gasteiger partial charge in [-0.05, 0) is 30.5 Å². The van der Waals surface area contributed by atoms with E-state index >= 15 is 0 Å². The third-order valence-electron chi connectivity index (χ3n) is 2.04. The zero-order valence-electron chi connectivity index (χ0n) is 7.84. The van der Waals surface area contributed by atoms with Gasteiger partial charge in [0, 0.05) is 10.5 Å². The lowest BCUT2D eigenvalue weighted by molar-refractivity contribution is 0.618. The zero-order valence-corrected chi connectivity index (χ0v) is 9.43. The molecule has 0 unspecified atom stereocenters. The number of allylic oxidation sites excluding steroid dienone is 1. The largest absolute Gasteiger partial charge is 0.324 e. The first-order chi connectivity index (χ1) is 6.65. The maximum atomic E-state index is 12.8. The zero-order chi connectivity index (χ0) is 10.6. The molecule has 0 aliphatic carbocycles. The summed E-state index contributed by atoms with van der Waals surface area (Å²) in [5.74, 6) is -0.253. The number of hydrogen-bond acceptors (Lipinski definition) is 1. The van der Waals surface area contributed by atoms with Crippen molar-refractivity contribution in [3.8, 4) is 0 Å². The number of hydrogen-bond donors (Lipinski definition) is 1. The monoisotopic (exact) mass is 257 g/mol. The molecule has 0 heterocycles. The quantitative estimate of drug-likeness (QED) is 0.821. The number of benzene rings is 1. The molecule has 0 saturated heterocycles. The maximum absolute atomic E-state index is 12.8. The van der Waals surface area contributed by atoms with E-state index in [2.05, 4.69) is 22.5 Å². The molecule has 14 heavy (non-hydrogen) atoms.